The van der Waals surface area contributed by atoms with Gasteiger partial charge in [-0.05, 0) is 25.1 Å². The van der Waals surface area contributed by atoms with E-state index in [0.29, 0.717) is 5.69 Å². The third kappa shape index (κ3) is 3.19. The fourth-order valence-electron chi connectivity index (χ4n) is 1.54. The Morgan fingerprint density at radius 2 is 2.20 bits per heavy atom. The van der Waals surface area contributed by atoms with Crippen LogP contribution in [0, 0.1) is 0 Å². The molecule has 9 heteroatoms. The van der Waals surface area contributed by atoms with Crippen molar-refractivity contribution in [2.24, 2.45) is 5.14 Å². The van der Waals surface area contributed by atoms with Crippen molar-refractivity contribution in [3.63, 3.8) is 0 Å². The lowest BCUT2D eigenvalue weighted by molar-refractivity contribution is -0.119. The number of carbonyl (C=O) groups is 1. The Labute approximate surface area is 115 Å². The zero-order valence-electron chi connectivity index (χ0n) is 10.6. The van der Waals surface area contributed by atoms with E-state index >= 15 is 0 Å². The summed E-state index contributed by atoms with van der Waals surface area (Å²) in [5, 5.41) is 11.5. The van der Waals surface area contributed by atoms with Crippen LogP contribution in [0.15, 0.2) is 41.8 Å². The molecule has 0 aliphatic carbocycles. The van der Waals surface area contributed by atoms with Crippen LogP contribution >= 0.6 is 0 Å². The van der Waals surface area contributed by atoms with Crippen LogP contribution in [0.5, 0.6) is 0 Å². The molecule has 0 radical (unpaired) electrons. The highest BCUT2D eigenvalue weighted by molar-refractivity contribution is 7.89. The molecule has 1 aromatic heterocycles. The summed E-state index contributed by atoms with van der Waals surface area (Å²) in [6.07, 6.45) is 2.75. The van der Waals surface area contributed by atoms with Crippen molar-refractivity contribution >= 4 is 21.6 Å². The fraction of sp³-hybridized carbons (Fsp3) is 0.182. The summed E-state index contributed by atoms with van der Waals surface area (Å²) in [7, 11) is -3.80. The molecule has 0 fully saturated rings. The molecule has 0 spiro atoms. The Morgan fingerprint density at radius 3 is 2.80 bits per heavy atom. The maximum absolute atomic E-state index is 12.0. The molecule has 0 saturated heterocycles. The lowest BCUT2D eigenvalue weighted by atomic mass is 10.3. The minimum atomic E-state index is -3.80. The Balaban J connectivity index is 2.16. The highest BCUT2D eigenvalue weighted by atomic mass is 32.2. The zero-order valence-corrected chi connectivity index (χ0v) is 11.4. The average molecular weight is 295 g/mol. The van der Waals surface area contributed by atoms with Crippen molar-refractivity contribution in [2.45, 2.75) is 17.9 Å². The predicted molar refractivity (Wildman–Crippen MR) is 71.2 cm³/mol. The van der Waals surface area contributed by atoms with Gasteiger partial charge in [-0.1, -0.05) is 6.07 Å². The molecule has 0 bridgehead atoms. The number of hydrogen-bond donors (Lipinski definition) is 2. The number of sulfonamides is 1. The quantitative estimate of drug-likeness (QED) is 0.830. The summed E-state index contributed by atoms with van der Waals surface area (Å²) in [6, 6.07) is 5.14. The van der Waals surface area contributed by atoms with Crippen molar-refractivity contribution in [1.82, 2.24) is 14.8 Å². The van der Waals surface area contributed by atoms with E-state index in [0.717, 1.165) is 0 Å². The Morgan fingerprint density at radius 1 is 1.45 bits per heavy atom. The number of hydrogen-bond acceptors (Lipinski definition) is 5. The Hall–Kier alpha value is -2.26. The molecular formula is C11H13N5O3S. The maximum Gasteiger partial charge on any atom is 0.249 e. The Bertz CT molecular complexity index is 711. The number of nitrogens with one attached hydrogen (secondary N) is 1. The van der Waals surface area contributed by atoms with Gasteiger partial charge in [0.25, 0.3) is 0 Å². The summed E-state index contributed by atoms with van der Waals surface area (Å²) in [5.41, 5.74) is 0.341. The van der Waals surface area contributed by atoms with Crippen molar-refractivity contribution in [2.75, 3.05) is 5.32 Å². The average Bonchev–Trinajstić information content (AvgIpc) is 2.91. The topological polar surface area (TPSA) is 120 Å². The van der Waals surface area contributed by atoms with Crippen LogP contribution in [-0.4, -0.2) is 29.1 Å². The lowest BCUT2D eigenvalue weighted by Crippen LogP contribution is -2.24. The highest BCUT2D eigenvalue weighted by Crippen LogP contribution is 2.15. The van der Waals surface area contributed by atoms with Gasteiger partial charge in [-0.15, -0.1) is 0 Å². The number of amides is 1. The Kier molecular flexibility index (Phi) is 3.81. The van der Waals surface area contributed by atoms with Crippen molar-refractivity contribution in [1.29, 1.82) is 0 Å². The lowest BCUT2D eigenvalue weighted by Gasteiger charge is -2.12. The molecular weight excluding hydrogens is 282 g/mol. The highest BCUT2D eigenvalue weighted by Gasteiger charge is 2.16. The van der Waals surface area contributed by atoms with E-state index in [-0.39, 0.29) is 10.8 Å². The van der Waals surface area contributed by atoms with E-state index in [9.17, 15) is 13.2 Å². The molecule has 3 N–H and O–H groups in total. The molecule has 1 atom stereocenters. The van der Waals surface area contributed by atoms with E-state index < -0.39 is 16.1 Å². The zero-order chi connectivity index (χ0) is 14.8. The summed E-state index contributed by atoms with van der Waals surface area (Å²) >= 11 is 0. The van der Waals surface area contributed by atoms with Crippen LogP contribution in [-0.2, 0) is 14.8 Å². The second-order valence-corrected chi connectivity index (χ2v) is 5.67. The molecule has 1 amide bonds. The van der Waals surface area contributed by atoms with E-state index in [2.05, 4.69) is 15.4 Å². The molecule has 1 aromatic carbocycles. The second kappa shape index (κ2) is 5.39. The normalized spacial score (nSPS) is 12.9. The standard InChI is InChI=1S/C11H13N5O3S/c1-8(16-7-13-6-14-16)11(17)15-9-3-2-4-10(5-9)20(12,18)19/h2-8H,1H3,(H,15,17)(H2,12,18,19). The molecule has 0 saturated carbocycles. The van der Waals surface area contributed by atoms with Crippen LogP contribution < -0.4 is 10.5 Å². The van der Waals surface area contributed by atoms with Crippen LogP contribution in [0.4, 0.5) is 5.69 Å². The predicted octanol–water partition coefficient (Wildman–Crippen LogP) is 0.125. The second-order valence-electron chi connectivity index (χ2n) is 4.11. The van der Waals surface area contributed by atoms with E-state index in [1.54, 1.807) is 13.0 Å². The first-order chi connectivity index (χ1) is 9.38. The van der Waals surface area contributed by atoms with Gasteiger partial charge in [-0.25, -0.2) is 23.2 Å². The van der Waals surface area contributed by atoms with Crippen LogP contribution in [0.25, 0.3) is 0 Å². The number of primary sulfonamides is 1. The summed E-state index contributed by atoms with van der Waals surface area (Å²) in [6.45, 7) is 1.65. The fourth-order valence-corrected chi connectivity index (χ4v) is 2.09. The first-order valence-corrected chi connectivity index (χ1v) is 7.20. The molecule has 8 nitrogen and oxygen atoms in total. The third-order valence-electron chi connectivity index (χ3n) is 2.64. The van der Waals surface area contributed by atoms with E-state index in [1.807, 2.05) is 0 Å². The third-order valence-corrected chi connectivity index (χ3v) is 3.55. The summed E-state index contributed by atoms with van der Waals surface area (Å²) < 4.78 is 23.9. The van der Waals surface area contributed by atoms with Gasteiger partial charge < -0.3 is 5.32 Å². The summed E-state index contributed by atoms with van der Waals surface area (Å²) in [4.78, 5) is 15.7. The number of rotatable bonds is 4. The summed E-state index contributed by atoms with van der Waals surface area (Å²) in [5.74, 6) is -0.345. The molecule has 0 aliphatic rings. The van der Waals surface area contributed by atoms with Crippen LogP contribution in [0.3, 0.4) is 0 Å². The number of carbonyl (C=O) groups excluding carboxylic acids is 1. The molecule has 1 unspecified atom stereocenters. The number of anilines is 1. The molecule has 2 rings (SSSR count). The van der Waals surface area contributed by atoms with Gasteiger partial charge in [0.1, 0.15) is 18.7 Å². The first kappa shape index (κ1) is 14.2. The van der Waals surface area contributed by atoms with Crippen LogP contribution in [0.1, 0.15) is 13.0 Å². The molecule has 2 aromatic rings. The van der Waals surface area contributed by atoms with Gasteiger partial charge in [0.2, 0.25) is 15.9 Å². The van der Waals surface area contributed by atoms with Crippen molar-refractivity contribution < 1.29 is 13.2 Å². The SMILES string of the molecule is CC(C(=O)Nc1cccc(S(N)(=O)=O)c1)n1cncn1. The van der Waals surface area contributed by atoms with Gasteiger partial charge in [0.15, 0.2) is 0 Å². The van der Waals surface area contributed by atoms with Crippen molar-refractivity contribution in [3.05, 3.63) is 36.9 Å². The molecule has 1 heterocycles. The molecule has 106 valence electrons. The van der Waals surface area contributed by atoms with Gasteiger partial charge in [0.05, 0.1) is 4.90 Å². The van der Waals surface area contributed by atoms with E-state index in [4.69, 9.17) is 5.14 Å². The van der Waals surface area contributed by atoms with Gasteiger partial charge >= 0.3 is 0 Å². The number of nitrogens with two attached hydrogens (primary N) is 1. The largest absolute Gasteiger partial charge is 0.324 e. The van der Waals surface area contributed by atoms with E-state index in [1.165, 1.54) is 35.5 Å². The van der Waals surface area contributed by atoms with Gasteiger partial charge in [-0.3, -0.25) is 4.79 Å². The molecule has 0 aliphatic heterocycles. The monoisotopic (exact) mass is 295 g/mol. The minimum absolute atomic E-state index is 0.0660. The molecule has 20 heavy (non-hydrogen) atoms. The minimum Gasteiger partial charge on any atom is -0.324 e. The number of aromatic nitrogens is 3. The maximum atomic E-state index is 12.0. The number of nitrogens with zero attached hydrogens (tertiary/aromatic N) is 3. The van der Waals surface area contributed by atoms with Crippen LogP contribution in [0.2, 0.25) is 0 Å². The first-order valence-electron chi connectivity index (χ1n) is 5.66. The van der Waals surface area contributed by atoms with Gasteiger partial charge in [-0.2, -0.15) is 5.10 Å². The number of benzene rings is 1. The van der Waals surface area contributed by atoms with Crippen molar-refractivity contribution in [3.8, 4) is 0 Å². The van der Waals surface area contributed by atoms with Gasteiger partial charge in [0, 0.05) is 5.69 Å². The smallest absolute Gasteiger partial charge is 0.249 e.